The van der Waals surface area contributed by atoms with Gasteiger partial charge < -0.3 is 5.11 Å². The second kappa shape index (κ2) is 7.44. The summed E-state index contributed by atoms with van der Waals surface area (Å²) in [6, 6.07) is 0.543. The molecule has 21 heavy (non-hydrogen) atoms. The molecule has 1 aliphatic carbocycles. The highest BCUT2D eigenvalue weighted by Gasteiger charge is 2.30. The third kappa shape index (κ3) is 3.18. The maximum absolute atomic E-state index is 10.4. The number of aromatic nitrogens is 2. The summed E-state index contributed by atoms with van der Waals surface area (Å²) in [5.74, 6) is 0.750. The van der Waals surface area contributed by atoms with Gasteiger partial charge in [0.05, 0.1) is 17.8 Å². The summed E-state index contributed by atoms with van der Waals surface area (Å²) in [7, 11) is 0. The third-order valence-corrected chi connectivity index (χ3v) is 5.22. The van der Waals surface area contributed by atoms with Gasteiger partial charge in [0.2, 0.25) is 0 Å². The van der Waals surface area contributed by atoms with E-state index >= 15 is 0 Å². The summed E-state index contributed by atoms with van der Waals surface area (Å²) in [4.78, 5) is 0. The summed E-state index contributed by atoms with van der Waals surface area (Å²) in [6.45, 7) is 8.70. The first kappa shape index (κ1) is 16.5. The van der Waals surface area contributed by atoms with Gasteiger partial charge in [0.25, 0.3) is 0 Å². The van der Waals surface area contributed by atoms with Crippen LogP contribution in [0.4, 0.5) is 0 Å². The van der Waals surface area contributed by atoms with Crippen LogP contribution in [0.3, 0.4) is 0 Å². The van der Waals surface area contributed by atoms with Crippen LogP contribution in [0.5, 0.6) is 0 Å². The van der Waals surface area contributed by atoms with Gasteiger partial charge in [-0.2, -0.15) is 5.10 Å². The summed E-state index contributed by atoms with van der Waals surface area (Å²) < 4.78 is 2.31. The van der Waals surface area contributed by atoms with Crippen LogP contribution in [-0.2, 0) is 12.8 Å². The minimum atomic E-state index is -0.354. The lowest BCUT2D eigenvalue weighted by atomic mass is 9.82. The first-order chi connectivity index (χ1) is 10.2. The topological polar surface area (TPSA) is 38.0 Å². The van der Waals surface area contributed by atoms with Crippen LogP contribution in [-0.4, -0.2) is 14.9 Å². The maximum atomic E-state index is 10.4. The Hall–Kier alpha value is -0.830. The average molecular weight is 292 g/mol. The molecule has 1 heterocycles. The Kier molecular flexibility index (Phi) is 5.86. The van der Waals surface area contributed by atoms with Crippen molar-refractivity contribution in [1.82, 2.24) is 9.78 Å². The quantitative estimate of drug-likeness (QED) is 0.832. The standard InChI is InChI=1S/C18H32N2O/c1-5-13-11-9-10-12-16(13)20-15(7-3)18(17(21)8-4)14(6-2)19-20/h13,16-17,21H,5-12H2,1-4H3. The van der Waals surface area contributed by atoms with Crippen molar-refractivity contribution in [2.24, 2.45) is 5.92 Å². The van der Waals surface area contributed by atoms with E-state index in [4.69, 9.17) is 5.10 Å². The van der Waals surface area contributed by atoms with Gasteiger partial charge in [-0.15, -0.1) is 0 Å². The molecule has 120 valence electrons. The molecule has 0 bridgehead atoms. The first-order valence-corrected chi connectivity index (χ1v) is 8.95. The van der Waals surface area contributed by atoms with E-state index in [0.717, 1.165) is 36.4 Å². The van der Waals surface area contributed by atoms with E-state index in [1.807, 2.05) is 0 Å². The molecule has 1 aliphatic rings. The third-order valence-electron chi connectivity index (χ3n) is 5.22. The Morgan fingerprint density at radius 3 is 2.43 bits per heavy atom. The smallest absolute Gasteiger partial charge is 0.0823 e. The van der Waals surface area contributed by atoms with Gasteiger partial charge in [-0.05, 0) is 38.0 Å². The fourth-order valence-electron chi connectivity index (χ4n) is 4.00. The first-order valence-electron chi connectivity index (χ1n) is 8.95. The van der Waals surface area contributed by atoms with Gasteiger partial charge in [0.1, 0.15) is 0 Å². The van der Waals surface area contributed by atoms with Crippen LogP contribution in [0, 0.1) is 5.92 Å². The van der Waals surface area contributed by atoms with E-state index in [1.165, 1.54) is 37.8 Å². The van der Waals surface area contributed by atoms with Crippen molar-refractivity contribution in [2.75, 3.05) is 0 Å². The molecular weight excluding hydrogens is 260 g/mol. The molecule has 2 rings (SSSR count). The molecule has 3 heteroatoms. The van der Waals surface area contributed by atoms with Crippen molar-refractivity contribution in [1.29, 1.82) is 0 Å². The van der Waals surface area contributed by atoms with Crippen LogP contribution in [0.2, 0.25) is 0 Å². The largest absolute Gasteiger partial charge is 0.388 e. The molecule has 0 aliphatic heterocycles. The van der Waals surface area contributed by atoms with Crippen molar-refractivity contribution in [3.8, 4) is 0 Å². The SMILES string of the molecule is CCc1nn(C2CCCCC2CC)c(CC)c1C(O)CC. The predicted octanol–water partition coefficient (Wildman–Crippen LogP) is 4.59. The van der Waals surface area contributed by atoms with Crippen LogP contribution in [0.25, 0.3) is 0 Å². The average Bonchev–Trinajstić information content (AvgIpc) is 2.92. The molecule has 1 aromatic rings. The summed E-state index contributed by atoms with van der Waals surface area (Å²) in [5, 5.41) is 15.4. The molecule has 0 aromatic carbocycles. The number of hydrogen-bond acceptors (Lipinski definition) is 2. The van der Waals surface area contributed by atoms with Crippen molar-refractivity contribution in [3.63, 3.8) is 0 Å². The van der Waals surface area contributed by atoms with Gasteiger partial charge in [0, 0.05) is 11.3 Å². The fourth-order valence-corrected chi connectivity index (χ4v) is 4.00. The second-order valence-electron chi connectivity index (χ2n) is 6.40. The van der Waals surface area contributed by atoms with E-state index < -0.39 is 0 Å². The van der Waals surface area contributed by atoms with Gasteiger partial charge in [-0.3, -0.25) is 4.68 Å². The van der Waals surface area contributed by atoms with Gasteiger partial charge in [-0.1, -0.05) is 47.0 Å². The lowest BCUT2D eigenvalue weighted by Gasteiger charge is -2.32. The van der Waals surface area contributed by atoms with E-state index in [0.29, 0.717) is 6.04 Å². The van der Waals surface area contributed by atoms with E-state index in [2.05, 4.69) is 32.4 Å². The zero-order chi connectivity index (χ0) is 15.4. The Balaban J connectivity index is 2.45. The molecule has 1 N–H and O–H groups in total. The molecule has 0 amide bonds. The Morgan fingerprint density at radius 2 is 1.86 bits per heavy atom. The fraction of sp³-hybridized carbons (Fsp3) is 0.833. The van der Waals surface area contributed by atoms with E-state index in [9.17, 15) is 5.11 Å². The van der Waals surface area contributed by atoms with Gasteiger partial charge in [0.15, 0.2) is 0 Å². The van der Waals surface area contributed by atoms with Crippen molar-refractivity contribution in [3.05, 3.63) is 17.0 Å². The molecular formula is C18H32N2O. The van der Waals surface area contributed by atoms with E-state index in [1.54, 1.807) is 0 Å². The van der Waals surface area contributed by atoms with Gasteiger partial charge in [-0.25, -0.2) is 0 Å². The molecule has 3 unspecified atom stereocenters. The molecule has 3 atom stereocenters. The minimum Gasteiger partial charge on any atom is -0.388 e. The normalized spacial score (nSPS) is 24.2. The van der Waals surface area contributed by atoms with Crippen molar-refractivity contribution in [2.45, 2.75) is 91.2 Å². The van der Waals surface area contributed by atoms with Crippen LogP contribution in [0.15, 0.2) is 0 Å². The highest BCUT2D eigenvalue weighted by atomic mass is 16.3. The highest BCUT2D eigenvalue weighted by molar-refractivity contribution is 5.29. The zero-order valence-electron chi connectivity index (χ0n) is 14.2. The number of aliphatic hydroxyl groups excluding tert-OH is 1. The maximum Gasteiger partial charge on any atom is 0.0823 e. The molecule has 0 radical (unpaired) electrons. The van der Waals surface area contributed by atoms with Crippen molar-refractivity contribution >= 4 is 0 Å². The number of aryl methyl sites for hydroxylation is 1. The van der Waals surface area contributed by atoms with Gasteiger partial charge >= 0.3 is 0 Å². The molecule has 0 saturated heterocycles. The second-order valence-corrected chi connectivity index (χ2v) is 6.40. The Morgan fingerprint density at radius 1 is 1.14 bits per heavy atom. The highest BCUT2D eigenvalue weighted by Crippen LogP contribution is 2.38. The number of aliphatic hydroxyl groups is 1. The van der Waals surface area contributed by atoms with E-state index in [-0.39, 0.29) is 6.10 Å². The monoisotopic (exact) mass is 292 g/mol. The Labute approximate surface area is 129 Å². The molecule has 1 saturated carbocycles. The number of hydrogen-bond donors (Lipinski definition) is 1. The summed E-state index contributed by atoms with van der Waals surface area (Å²) in [5.41, 5.74) is 3.52. The Bertz CT molecular complexity index is 452. The lowest BCUT2D eigenvalue weighted by Crippen LogP contribution is -2.25. The zero-order valence-corrected chi connectivity index (χ0v) is 14.2. The number of nitrogens with zero attached hydrogens (tertiary/aromatic N) is 2. The molecule has 1 aromatic heterocycles. The summed E-state index contributed by atoms with van der Waals surface area (Å²) in [6.07, 6.45) is 8.79. The molecule has 1 fully saturated rings. The van der Waals surface area contributed by atoms with Crippen LogP contribution < -0.4 is 0 Å². The van der Waals surface area contributed by atoms with Crippen LogP contribution in [0.1, 0.15) is 95.3 Å². The predicted molar refractivity (Wildman–Crippen MR) is 87.5 cm³/mol. The van der Waals surface area contributed by atoms with Crippen molar-refractivity contribution < 1.29 is 5.11 Å². The molecule has 0 spiro atoms. The molecule has 3 nitrogen and oxygen atoms in total. The number of rotatable bonds is 6. The van der Waals surface area contributed by atoms with Crippen LogP contribution >= 0.6 is 0 Å². The summed E-state index contributed by atoms with van der Waals surface area (Å²) >= 11 is 0. The minimum absolute atomic E-state index is 0.354. The lowest BCUT2D eigenvalue weighted by molar-refractivity contribution is 0.170.